The average molecular weight is 345 g/mol. The van der Waals surface area contributed by atoms with Gasteiger partial charge >= 0.3 is 5.97 Å². The topological polar surface area (TPSA) is 92.3 Å². The molecule has 0 saturated carbocycles. The highest BCUT2D eigenvalue weighted by molar-refractivity contribution is 6.31. The van der Waals surface area contributed by atoms with Gasteiger partial charge in [-0.3, -0.25) is 14.6 Å². The smallest absolute Gasteiger partial charge is 0.308 e. The Balaban J connectivity index is 2.16. The number of fused-ring (bicyclic) bond motifs is 1. The highest BCUT2D eigenvalue weighted by Crippen LogP contribution is 2.33. The van der Waals surface area contributed by atoms with Crippen LogP contribution in [0.5, 0.6) is 5.75 Å². The molecule has 0 aliphatic rings. The molecule has 2 aromatic heterocycles. The second kappa shape index (κ2) is 6.43. The van der Waals surface area contributed by atoms with Crippen LogP contribution in [0.15, 0.2) is 36.5 Å². The Labute approximate surface area is 142 Å². The number of ketones is 1. The lowest BCUT2D eigenvalue weighted by Crippen LogP contribution is -2.09. The minimum absolute atomic E-state index is 0.102. The van der Waals surface area contributed by atoms with Crippen molar-refractivity contribution in [2.75, 3.05) is 0 Å². The van der Waals surface area contributed by atoms with Gasteiger partial charge in [0.05, 0.1) is 6.61 Å². The molecule has 0 aliphatic carbocycles. The number of rotatable bonds is 4. The van der Waals surface area contributed by atoms with Crippen molar-refractivity contribution in [3.8, 4) is 5.75 Å². The number of ether oxygens (including phenoxy) is 1. The first-order valence-corrected chi connectivity index (χ1v) is 7.47. The lowest BCUT2D eigenvalue weighted by atomic mass is 10.1. The van der Waals surface area contributed by atoms with Crippen molar-refractivity contribution in [2.24, 2.45) is 0 Å². The van der Waals surface area contributed by atoms with E-state index in [2.05, 4.69) is 9.97 Å². The highest BCUT2D eigenvalue weighted by atomic mass is 35.5. The molecular formula is C17H13ClN2O4. The molecule has 0 amide bonds. The van der Waals surface area contributed by atoms with E-state index in [0.29, 0.717) is 21.5 Å². The van der Waals surface area contributed by atoms with Crippen molar-refractivity contribution in [3.05, 3.63) is 58.5 Å². The van der Waals surface area contributed by atoms with E-state index in [1.165, 1.54) is 19.2 Å². The van der Waals surface area contributed by atoms with Crippen LogP contribution in [0.1, 0.15) is 28.7 Å². The normalized spacial score (nSPS) is 10.8. The number of benzene rings is 1. The third kappa shape index (κ3) is 3.02. The predicted octanol–water partition coefficient (Wildman–Crippen LogP) is 2.86. The fourth-order valence-electron chi connectivity index (χ4n) is 2.37. The van der Waals surface area contributed by atoms with Crippen LogP contribution < -0.4 is 4.74 Å². The maximum Gasteiger partial charge on any atom is 0.308 e. The number of esters is 1. The van der Waals surface area contributed by atoms with E-state index in [0.717, 1.165) is 0 Å². The summed E-state index contributed by atoms with van der Waals surface area (Å²) in [4.78, 5) is 31.2. The summed E-state index contributed by atoms with van der Waals surface area (Å²) >= 11 is 5.99. The number of nitrogens with one attached hydrogen (secondary N) is 1. The second-order valence-electron chi connectivity index (χ2n) is 5.15. The maximum atomic E-state index is 12.8. The minimum Gasteiger partial charge on any atom is -0.424 e. The number of hydrogen-bond acceptors (Lipinski definition) is 5. The molecule has 2 N–H and O–H groups in total. The molecule has 0 atom stereocenters. The third-order valence-corrected chi connectivity index (χ3v) is 3.66. The average Bonchev–Trinajstić information content (AvgIpc) is 2.91. The van der Waals surface area contributed by atoms with Gasteiger partial charge in [-0.2, -0.15) is 0 Å². The van der Waals surface area contributed by atoms with Gasteiger partial charge in [0.1, 0.15) is 11.4 Å². The predicted molar refractivity (Wildman–Crippen MR) is 88.2 cm³/mol. The number of hydrogen-bond donors (Lipinski definition) is 2. The number of H-pyrrole nitrogens is 1. The first kappa shape index (κ1) is 16.2. The van der Waals surface area contributed by atoms with Crippen LogP contribution in [-0.4, -0.2) is 26.8 Å². The molecular weight excluding hydrogens is 332 g/mol. The molecule has 0 radical (unpaired) electrons. The van der Waals surface area contributed by atoms with E-state index in [1.54, 1.807) is 24.3 Å². The molecule has 1 aromatic carbocycles. The van der Waals surface area contributed by atoms with Crippen LogP contribution in [0, 0.1) is 0 Å². The van der Waals surface area contributed by atoms with Gasteiger partial charge in [-0.25, -0.2) is 0 Å². The van der Waals surface area contributed by atoms with E-state index < -0.39 is 11.8 Å². The van der Waals surface area contributed by atoms with Crippen molar-refractivity contribution in [2.45, 2.75) is 13.5 Å². The molecule has 0 unspecified atom stereocenters. The van der Waals surface area contributed by atoms with Gasteiger partial charge in [0.15, 0.2) is 5.75 Å². The number of carbonyl (C=O) groups excluding carboxylic acids is 2. The van der Waals surface area contributed by atoms with E-state index in [1.807, 2.05) is 0 Å². The lowest BCUT2D eigenvalue weighted by Gasteiger charge is -2.04. The van der Waals surface area contributed by atoms with Crippen molar-refractivity contribution < 1.29 is 19.4 Å². The number of aliphatic hydroxyl groups excluding tert-OH is 1. The standard InChI is InChI=1S/C17H13ClN2O4/c1-9(22)24-17-12-7-11(18)2-3-13(12)20-15(17)16(23)14-6-10(8-21)4-5-19-14/h2-7,20-21H,8H2,1H3. The summed E-state index contributed by atoms with van der Waals surface area (Å²) in [6, 6.07) is 8.06. The lowest BCUT2D eigenvalue weighted by molar-refractivity contribution is -0.131. The van der Waals surface area contributed by atoms with Crippen LogP contribution in [0.25, 0.3) is 10.9 Å². The molecule has 122 valence electrons. The fourth-order valence-corrected chi connectivity index (χ4v) is 2.55. The van der Waals surface area contributed by atoms with Gasteiger partial charge in [-0.05, 0) is 35.9 Å². The van der Waals surface area contributed by atoms with Crippen molar-refractivity contribution in [1.82, 2.24) is 9.97 Å². The molecule has 0 spiro atoms. The Hall–Kier alpha value is -2.70. The molecule has 0 saturated heterocycles. The Bertz CT molecular complexity index is 949. The second-order valence-corrected chi connectivity index (χ2v) is 5.59. The number of aromatic amines is 1. The molecule has 3 aromatic rings. The van der Waals surface area contributed by atoms with Gasteiger partial charge in [-0.15, -0.1) is 0 Å². The van der Waals surface area contributed by atoms with Crippen LogP contribution >= 0.6 is 11.6 Å². The molecule has 0 bridgehead atoms. The summed E-state index contributed by atoms with van der Waals surface area (Å²) < 4.78 is 5.23. The number of pyridine rings is 1. The van der Waals surface area contributed by atoms with Crippen LogP contribution in [0.4, 0.5) is 0 Å². The summed E-state index contributed by atoms with van der Waals surface area (Å²) in [6.45, 7) is 1.05. The molecule has 3 rings (SSSR count). The molecule has 2 heterocycles. The largest absolute Gasteiger partial charge is 0.424 e. The SMILES string of the molecule is CC(=O)Oc1c(C(=O)c2cc(CO)ccn2)[nH]c2ccc(Cl)cc12. The van der Waals surface area contributed by atoms with Gasteiger partial charge in [0, 0.05) is 29.0 Å². The number of carbonyl (C=O) groups is 2. The molecule has 24 heavy (non-hydrogen) atoms. The van der Waals surface area contributed by atoms with Gasteiger partial charge < -0.3 is 14.8 Å². The fraction of sp³-hybridized carbons (Fsp3) is 0.118. The maximum absolute atomic E-state index is 12.8. The molecule has 0 fully saturated rings. The van der Waals surface area contributed by atoms with Gasteiger partial charge in [-0.1, -0.05) is 11.6 Å². The van der Waals surface area contributed by atoms with Crippen molar-refractivity contribution in [1.29, 1.82) is 0 Å². The zero-order valence-electron chi connectivity index (χ0n) is 12.7. The third-order valence-electron chi connectivity index (χ3n) is 3.43. The number of nitrogens with zero attached hydrogens (tertiary/aromatic N) is 1. The van der Waals surface area contributed by atoms with Gasteiger partial charge in [0.2, 0.25) is 5.78 Å². The Kier molecular flexibility index (Phi) is 4.33. The summed E-state index contributed by atoms with van der Waals surface area (Å²) in [5, 5.41) is 10.2. The van der Waals surface area contributed by atoms with E-state index in [-0.39, 0.29) is 23.7 Å². The Morgan fingerprint density at radius 3 is 2.79 bits per heavy atom. The van der Waals surface area contributed by atoms with Crippen molar-refractivity contribution >= 4 is 34.3 Å². The molecule has 6 nitrogen and oxygen atoms in total. The van der Waals surface area contributed by atoms with E-state index >= 15 is 0 Å². The number of aliphatic hydroxyl groups is 1. The van der Waals surface area contributed by atoms with Crippen LogP contribution in [-0.2, 0) is 11.4 Å². The first-order valence-electron chi connectivity index (χ1n) is 7.09. The Morgan fingerprint density at radius 1 is 1.29 bits per heavy atom. The van der Waals surface area contributed by atoms with Gasteiger partial charge in [0.25, 0.3) is 0 Å². The number of aromatic nitrogens is 2. The highest BCUT2D eigenvalue weighted by Gasteiger charge is 2.23. The molecule has 0 aliphatic heterocycles. The first-order chi connectivity index (χ1) is 11.5. The van der Waals surface area contributed by atoms with E-state index in [9.17, 15) is 14.7 Å². The monoisotopic (exact) mass is 344 g/mol. The van der Waals surface area contributed by atoms with Crippen molar-refractivity contribution in [3.63, 3.8) is 0 Å². The summed E-state index contributed by atoms with van der Waals surface area (Å²) in [6.07, 6.45) is 1.43. The minimum atomic E-state index is -0.554. The zero-order chi connectivity index (χ0) is 17.3. The molecule has 7 heteroatoms. The zero-order valence-corrected chi connectivity index (χ0v) is 13.4. The summed E-state index contributed by atoms with van der Waals surface area (Å²) in [7, 11) is 0. The summed E-state index contributed by atoms with van der Waals surface area (Å²) in [5.41, 5.74) is 1.40. The summed E-state index contributed by atoms with van der Waals surface area (Å²) in [5.74, 6) is -0.892. The number of halogens is 1. The quantitative estimate of drug-likeness (QED) is 0.561. The van der Waals surface area contributed by atoms with Crippen LogP contribution in [0.3, 0.4) is 0 Å². The van der Waals surface area contributed by atoms with E-state index in [4.69, 9.17) is 16.3 Å². The van der Waals surface area contributed by atoms with Crippen LogP contribution in [0.2, 0.25) is 5.02 Å². The Morgan fingerprint density at radius 2 is 2.08 bits per heavy atom.